The number of imidazole rings is 1. The van der Waals surface area contributed by atoms with Gasteiger partial charge in [-0.2, -0.15) is 18.3 Å². The molecule has 3 heterocycles. The Morgan fingerprint density at radius 3 is 2.47 bits per heavy atom. The number of methoxy groups -OCH3 is 1. The van der Waals surface area contributed by atoms with Crippen molar-refractivity contribution in [3.63, 3.8) is 0 Å². The smallest absolute Gasteiger partial charge is 0.437 e. The van der Waals surface area contributed by atoms with Crippen LogP contribution in [0.25, 0.3) is 11.1 Å². The Labute approximate surface area is 296 Å². The molecule has 4 aromatic rings. The predicted molar refractivity (Wildman–Crippen MR) is 179 cm³/mol. The van der Waals surface area contributed by atoms with Crippen LogP contribution in [0.2, 0.25) is 5.02 Å². The summed E-state index contributed by atoms with van der Waals surface area (Å²) in [5.74, 6) is -1.45. The van der Waals surface area contributed by atoms with Crippen molar-refractivity contribution in [1.29, 1.82) is 0 Å². The van der Waals surface area contributed by atoms with E-state index in [2.05, 4.69) is 14.8 Å². The van der Waals surface area contributed by atoms with Crippen molar-refractivity contribution >= 4 is 29.4 Å². The second kappa shape index (κ2) is 14.7. The van der Waals surface area contributed by atoms with E-state index >= 15 is 0 Å². The average Bonchev–Trinajstić information content (AvgIpc) is 3.65. The summed E-state index contributed by atoms with van der Waals surface area (Å²) in [4.78, 5) is 42.5. The van der Waals surface area contributed by atoms with Crippen LogP contribution >= 0.6 is 11.6 Å². The molecule has 51 heavy (non-hydrogen) atoms. The zero-order chi connectivity index (χ0) is 37.2. The van der Waals surface area contributed by atoms with E-state index in [1.54, 1.807) is 80.5 Å². The first-order valence-electron chi connectivity index (χ1n) is 15.9. The maximum absolute atomic E-state index is 14.3. The minimum Gasteiger partial charge on any atom is -0.491 e. The van der Waals surface area contributed by atoms with Crippen LogP contribution in [0.5, 0.6) is 11.5 Å². The monoisotopic (exact) mass is 731 g/mol. The molecule has 272 valence electrons. The molecule has 1 atom stereocenters. The highest BCUT2D eigenvalue weighted by Crippen LogP contribution is 2.44. The van der Waals surface area contributed by atoms with E-state index in [1.807, 2.05) is 0 Å². The minimum absolute atomic E-state index is 0.0103. The number of benzene rings is 2. The molecule has 1 unspecified atom stereocenters. The first kappa shape index (κ1) is 37.2. The van der Waals surface area contributed by atoms with Crippen molar-refractivity contribution in [3.05, 3.63) is 81.9 Å². The molecular formula is C35H37ClF3N5O7. The highest BCUT2D eigenvalue weighted by Gasteiger charge is 2.40. The molecule has 0 saturated carbocycles. The third-order valence-corrected chi connectivity index (χ3v) is 8.20. The Morgan fingerprint density at radius 2 is 1.80 bits per heavy atom. The molecule has 0 fully saturated rings. The molecule has 0 aliphatic carbocycles. The fourth-order valence-electron chi connectivity index (χ4n) is 5.55. The van der Waals surface area contributed by atoms with E-state index in [1.165, 1.54) is 24.1 Å². The summed E-state index contributed by atoms with van der Waals surface area (Å²) in [7, 11) is 2.90. The van der Waals surface area contributed by atoms with Gasteiger partial charge in [-0.3, -0.25) is 9.48 Å². The van der Waals surface area contributed by atoms with E-state index in [0.29, 0.717) is 11.1 Å². The number of aromatic nitrogens is 4. The summed E-state index contributed by atoms with van der Waals surface area (Å²) in [6, 6.07) is 7.98. The third kappa shape index (κ3) is 8.64. The molecule has 2 aromatic heterocycles. The van der Waals surface area contributed by atoms with Crippen molar-refractivity contribution in [2.45, 2.75) is 59.0 Å². The Balaban J connectivity index is 1.57. The largest absolute Gasteiger partial charge is 0.491 e. The minimum atomic E-state index is -4.80. The molecule has 0 N–H and O–H groups in total. The molecule has 1 aliphatic rings. The number of nitrogens with zero attached hydrogens (tertiary/aromatic N) is 5. The summed E-state index contributed by atoms with van der Waals surface area (Å²) < 4.78 is 68.9. The van der Waals surface area contributed by atoms with Crippen LogP contribution in [0, 0.1) is 5.92 Å². The van der Waals surface area contributed by atoms with E-state index < -0.39 is 35.5 Å². The number of rotatable bonds is 9. The normalized spacial score (nSPS) is 15.0. The number of esters is 1. The molecule has 0 spiro atoms. The van der Waals surface area contributed by atoms with Gasteiger partial charge in [0.1, 0.15) is 17.1 Å². The molecule has 16 heteroatoms. The van der Waals surface area contributed by atoms with Gasteiger partial charge in [-0.05, 0) is 69.5 Å². The van der Waals surface area contributed by atoms with Gasteiger partial charge >= 0.3 is 18.2 Å². The van der Waals surface area contributed by atoms with Crippen LogP contribution < -0.4 is 15.1 Å². The summed E-state index contributed by atoms with van der Waals surface area (Å²) >= 11 is 6.25. The van der Waals surface area contributed by atoms with Crippen molar-refractivity contribution in [1.82, 2.24) is 18.9 Å². The number of aryl methyl sites for hydroxylation is 2. The third-order valence-electron chi connectivity index (χ3n) is 7.89. The molecule has 0 bridgehead atoms. The average molecular weight is 732 g/mol. The van der Waals surface area contributed by atoms with Crippen molar-refractivity contribution in [2.24, 2.45) is 18.0 Å². The number of halogens is 4. The number of alkyl halides is 3. The Bertz CT molecular complexity index is 2040. The van der Waals surface area contributed by atoms with Gasteiger partial charge in [-0.25, -0.2) is 9.59 Å². The lowest BCUT2D eigenvalue weighted by molar-refractivity contribution is -0.143. The van der Waals surface area contributed by atoms with Crippen LogP contribution in [0.15, 0.2) is 53.9 Å². The van der Waals surface area contributed by atoms with Gasteiger partial charge in [0, 0.05) is 43.3 Å². The van der Waals surface area contributed by atoms with Crippen molar-refractivity contribution < 1.29 is 46.5 Å². The van der Waals surface area contributed by atoms with Gasteiger partial charge in [0.2, 0.25) is 5.62 Å². The predicted octanol–water partition coefficient (Wildman–Crippen LogP) is 6.25. The second-order valence-corrected chi connectivity index (χ2v) is 13.3. The molecule has 2 aromatic carbocycles. The van der Waals surface area contributed by atoms with Gasteiger partial charge in [0.05, 0.1) is 36.8 Å². The van der Waals surface area contributed by atoms with E-state index in [0.717, 1.165) is 0 Å². The number of carbonyl (C=O) groups is 3. The highest BCUT2D eigenvalue weighted by molar-refractivity contribution is 6.32. The molecule has 0 radical (unpaired) electrons. The van der Waals surface area contributed by atoms with E-state index in [-0.39, 0.29) is 77.3 Å². The Hall–Kier alpha value is -5.05. The number of hydrogen-bond acceptors (Lipinski definition) is 8. The number of carbonyl (C=O) groups excluding carboxylic acids is 3. The topological polar surface area (TPSA) is 128 Å². The van der Waals surface area contributed by atoms with Crippen molar-refractivity contribution in [3.8, 4) is 22.6 Å². The summed E-state index contributed by atoms with van der Waals surface area (Å²) in [5.41, 5.74) is -0.692. The first-order valence-corrected chi connectivity index (χ1v) is 16.3. The number of amides is 1. The molecule has 5 rings (SSSR count). The van der Waals surface area contributed by atoms with E-state index in [4.69, 9.17) is 25.8 Å². The second-order valence-electron chi connectivity index (χ2n) is 12.9. The summed E-state index contributed by atoms with van der Waals surface area (Å²) in [6.07, 6.45) is -0.842. The highest BCUT2D eigenvalue weighted by atomic mass is 35.5. The lowest BCUT2D eigenvalue weighted by Gasteiger charge is -2.27. The standard InChI is InChI=1S/C35H37ClF3N5O7/c1-7-44-17-25(31(41-44)35(37,38)39)23-13-21(16-43-11-10-42(5)32(43)40-33(47)51-34(2,3)4)14-24-29(46)22(18-50-30(23)24)12-20-8-9-26(36)27(15-20)49-19-28(45)48-6/h8-11,13-15,17,22H,7,12,16,18-19H2,1-6H3. The Kier molecular flexibility index (Phi) is 10.7. The van der Waals surface area contributed by atoms with Crippen LogP contribution in [-0.4, -0.2) is 62.7 Å². The van der Waals surface area contributed by atoms with Gasteiger partial charge in [-0.15, -0.1) is 4.99 Å². The number of Topliss-reactive ketones (excluding diaryl/α,β-unsaturated/α-hetero) is 1. The molecule has 12 nitrogen and oxygen atoms in total. The maximum atomic E-state index is 14.3. The number of ketones is 1. The van der Waals surface area contributed by atoms with Gasteiger partial charge < -0.3 is 28.1 Å². The van der Waals surface area contributed by atoms with Gasteiger partial charge in [0.25, 0.3) is 0 Å². The van der Waals surface area contributed by atoms with Gasteiger partial charge in [-0.1, -0.05) is 17.7 Å². The van der Waals surface area contributed by atoms with Crippen molar-refractivity contribution in [2.75, 3.05) is 20.3 Å². The SMILES string of the molecule is CCn1cc(-c2cc(Cn3ccn(C)c3=NC(=O)OC(C)(C)C)cc3c2OCC(Cc2ccc(Cl)c(OCC(=O)OC)c2)C3=O)c(C(F)(F)F)n1. The maximum Gasteiger partial charge on any atom is 0.437 e. The van der Waals surface area contributed by atoms with Gasteiger partial charge in [0.15, 0.2) is 18.1 Å². The number of hydrogen-bond donors (Lipinski definition) is 0. The number of ether oxygens (including phenoxy) is 4. The van der Waals surface area contributed by atoms with E-state index in [9.17, 15) is 27.6 Å². The quantitative estimate of drug-likeness (QED) is 0.185. The van der Waals surface area contributed by atoms with Crippen LogP contribution in [0.1, 0.15) is 54.9 Å². The fourth-order valence-corrected chi connectivity index (χ4v) is 5.72. The summed E-state index contributed by atoms with van der Waals surface area (Å²) in [6.45, 7) is 6.51. The first-order chi connectivity index (χ1) is 24.0. The zero-order valence-electron chi connectivity index (χ0n) is 28.8. The lowest BCUT2D eigenvalue weighted by atomic mass is 9.86. The zero-order valence-corrected chi connectivity index (χ0v) is 29.6. The fraction of sp³-hybridized carbons (Fsp3) is 0.400. The lowest BCUT2D eigenvalue weighted by Crippen LogP contribution is -2.31. The molecule has 0 saturated heterocycles. The molecule has 1 amide bonds. The van der Waals surface area contributed by atoms with Crippen LogP contribution in [-0.2, 0) is 47.0 Å². The Morgan fingerprint density at radius 1 is 1.08 bits per heavy atom. The molecular weight excluding hydrogens is 695 g/mol. The summed E-state index contributed by atoms with van der Waals surface area (Å²) in [5, 5.41) is 4.03. The van der Waals surface area contributed by atoms with Crippen LogP contribution in [0.3, 0.4) is 0 Å². The van der Waals surface area contributed by atoms with Crippen LogP contribution in [0.4, 0.5) is 18.0 Å². The number of fused-ring (bicyclic) bond motifs is 1. The molecule has 1 aliphatic heterocycles.